The predicted octanol–water partition coefficient (Wildman–Crippen LogP) is 14.4. The molecule has 120 heavy (non-hydrogen) atoms. The first-order valence-corrected chi connectivity index (χ1v) is 35.5. The number of hydrogen-bond donors (Lipinski definition) is 13. The first kappa shape index (κ1) is 122. The van der Waals surface area contributed by atoms with Crippen LogP contribution in [0.1, 0.15) is 139 Å². The molecule has 0 unspecified atom stereocenters. The highest BCUT2D eigenvalue weighted by atomic mass is 35.5. The number of halogens is 1. The lowest BCUT2D eigenvalue weighted by Gasteiger charge is -2.20. The molecule has 38 nitrogen and oxygen atoms in total. The Morgan fingerprint density at radius 2 is 0.650 bits per heavy atom. The maximum Gasteiger partial charge on any atom is 0.513 e. The number of ether oxygens (including phenoxy) is 8. The molecule has 7 aromatic carbocycles. The number of para-hydroxylation sites is 7. The molecule has 0 aliphatic heterocycles. The number of esters is 2. The van der Waals surface area contributed by atoms with Gasteiger partial charge in [0.15, 0.2) is 0 Å². The van der Waals surface area contributed by atoms with E-state index < -0.39 is 64.9 Å². The van der Waals surface area contributed by atoms with Gasteiger partial charge in [-0.25, -0.2) is 48.4 Å². The molecule has 0 saturated carbocycles. The van der Waals surface area contributed by atoms with Crippen molar-refractivity contribution in [2.75, 3.05) is 82.4 Å². The maximum atomic E-state index is 11.8. The summed E-state index contributed by atoms with van der Waals surface area (Å²) >= 11 is 4.72. The van der Waals surface area contributed by atoms with Gasteiger partial charge in [-0.3, -0.25) is 15.0 Å². The molecule has 0 fully saturated rings. The second-order valence-corrected chi connectivity index (χ2v) is 22.1. The topological polar surface area (TPSA) is 597 Å². The molecule has 0 saturated heterocycles. The van der Waals surface area contributed by atoms with Crippen LogP contribution in [0.3, 0.4) is 0 Å². The van der Waals surface area contributed by atoms with Crippen molar-refractivity contribution in [3.63, 3.8) is 0 Å². The summed E-state index contributed by atoms with van der Waals surface area (Å²) in [6.07, 6.45) is 0.372. The largest absolute Gasteiger partial charge is 0.513 e. The molecule has 0 bridgehead atoms. The molecular weight excluding hydrogens is 1600 g/mol. The number of carbonyl (C=O) groups is 9. The van der Waals surface area contributed by atoms with E-state index in [4.69, 9.17) is 71.6 Å². The number of aryl methyl sites for hydroxylation is 2. The van der Waals surface area contributed by atoms with E-state index in [0.29, 0.717) is 37.9 Å². The van der Waals surface area contributed by atoms with Crippen LogP contribution in [0.25, 0.3) is 0 Å². The van der Waals surface area contributed by atoms with E-state index in [9.17, 15) is 48.3 Å². The molecule has 7 aromatic rings. The Kier molecular flexibility index (Phi) is 82.6. The Bertz CT molecular complexity index is 3880. The second kappa shape index (κ2) is 81.0. The van der Waals surface area contributed by atoms with Gasteiger partial charge in [-0.2, -0.15) is 9.78 Å². The summed E-state index contributed by atoms with van der Waals surface area (Å²) in [6, 6.07) is 44.4. The standard InChI is InChI=1S/C12H14O5.C11H14O3.C10H10O5.C10H12O3.2C7H6O3.C7H8O.2C4H9NO2.C3H5ClO2.C2H5NO2.4CH5N/c1-12(2,3)17-10(13)8-6-4-5-7-9(8)16-11(14)15;1-11(2,3)14-10(13)8-6-4-5-7-9(8)12;1-2-14-10(13)15-8-6-4-3-5-7(8)9(11)12;1-3-12-10(11)13-9-7-5-4-6-8(9)2;2*8-6-4-2-1-3-5(6)7(9)10;1-6-4-2-3-5-7(6)8;2*1-3-6-7-4-5-2;1-2-6-3(4)5;1-3-2-5-4;4*1-2/h4-7H,1-3H3,(H,14,15);4-7,12H,1-3H3;3-6H,2H2,1H3,(H,11,12);4-7H,3H2,1-2H3;2*1-4,8H,(H,9,10);2-5,8H,1H3;2*4H,3H2,1-2H3;2H2,1H3;2,4H,1H3;4*2H2,1H3. The fourth-order valence-electron chi connectivity index (χ4n) is 6.32. The van der Waals surface area contributed by atoms with Gasteiger partial charge in [-0.15, -0.1) is 0 Å². The minimum absolute atomic E-state index is 0.0246. The van der Waals surface area contributed by atoms with Crippen LogP contribution < -0.4 is 37.1 Å². The SMILES string of the molecule is CC(C)(C)OC(=O)c1ccccc1O.CC(C)(C)OC(=O)c1ccccc1OC(=O)O.CCOC(=O)Cl.CCOC(=O)Oc1ccccc1C.CCOC(=O)Oc1ccccc1C(=O)O.CCOOC=NC.CCOOC=NC.CN.CN.CN.CN.CN=COO.Cc1ccccc1O.O=C(O)c1ccccc1O.O=C(O)c1ccccc1O. The van der Waals surface area contributed by atoms with Crippen molar-refractivity contribution in [2.24, 2.45) is 37.9 Å². The minimum Gasteiger partial charge on any atom is -0.508 e. The number of hydrogen-bond acceptors (Lipinski definition) is 34. The fraction of sp³-hybridized carbons (Fsp3) is 0.333. The van der Waals surface area contributed by atoms with Crippen molar-refractivity contribution < 1.29 is 152 Å². The number of benzene rings is 7. The number of carboxylic acids is 3. The number of carboxylic acid groups (broad SMARTS) is 4. The van der Waals surface area contributed by atoms with E-state index in [-0.39, 0.29) is 63.2 Å². The number of nitrogens with zero attached hydrogens (tertiary/aromatic N) is 3. The van der Waals surface area contributed by atoms with Gasteiger partial charge in [0.1, 0.15) is 79.3 Å². The number of rotatable bonds is 18. The van der Waals surface area contributed by atoms with E-state index in [0.717, 1.165) is 17.5 Å². The van der Waals surface area contributed by atoms with Crippen LogP contribution in [0.2, 0.25) is 0 Å². The molecule has 39 heteroatoms. The third-order valence-corrected chi connectivity index (χ3v) is 10.9. The van der Waals surface area contributed by atoms with E-state index in [1.165, 1.54) is 109 Å². The Morgan fingerprint density at radius 1 is 0.367 bits per heavy atom. The van der Waals surface area contributed by atoms with Crippen LogP contribution in [0.4, 0.5) is 19.2 Å². The van der Waals surface area contributed by atoms with Crippen LogP contribution in [0.15, 0.2) is 185 Å². The highest BCUT2D eigenvalue weighted by Crippen LogP contribution is 2.24. The predicted molar refractivity (Wildman–Crippen MR) is 452 cm³/mol. The maximum absolute atomic E-state index is 11.8. The average Bonchev–Trinajstić information content (AvgIpc) is 0.857. The van der Waals surface area contributed by atoms with Gasteiger partial charge in [0.25, 0.3) is 0 Å². The highest BCUT2D eigenvalue weighted by Gasteiger charge is 2.23. The number of carbonyl (C=O) groups excluding carboxylic acids is 5. The van der Waals surface area contributed by atoms with Crippen LogP contribution in [0.5, 0.6) is 40.2 Å². The summed E-state index contributed by atoms with van der Waals surface area (Å²) in [5.74, 6) is -4.10. The van der Waals surface area contributed by atoms with E-state index in [1.807, 2.05) is 64.1 Å². The molecule has 17 N–H and O–H groups in total. The smallest absolute Gasteiger partial charge is 0.508 e. The molecule has 0 spiro atoms. The van der Waals surface area contributed by atoms with Crippen molar-refractivity contribution in [3.05, 3.63) is 209 Å². The quantitative estimate of drug-likeness (QED) is 0.00437. The number of phenolic OH excluding ortho intramolecular Hbond substituents is 2. The molecular formula is C81H118ClN7O31. The Balaban J connectivity index is -0.000000193. The lowest BCUT2D eigenvalue weighted by atomic mass is 10.1. The third-order valence-electron chi connectivity index (χ3n) is 10.8. The summed E-state index contributed by atoms with van der Waals surface area (Å²) in [5, 5.41) is 77.6. The Morgan fingerprint density at radius 3 is 0.900 bits per heavy atom. The summed E-state index contributed by atoms with van der Waals surface area (Å²) in [4.78, 5) is 128. The van der Waals surface area contributed by atoms with Gasteiger partial charge >= 0.3 is 53.7 Å². The number of aromatic hydroxyl groups is 4. The fourth-order valence-corrected chi connectivity index (χ4v) is 6.43. The van der Waals surface area contributed by atoms with E-state index >= 15 is 0 Å². The highest BCUT2D eigenvalue weighted by molar-refractivity contribution is 6.61. The van der Waals surface area contributed by atoms with Crippen LogP contribution in [0, 0.1) is 13.8 Å². The molecule has 7 rings (SSSR count). The molecule has 0 aliphatic rings. The first-order valence-electron chi connectivity index (χ1n) is 35.1. The lowest BCUT2D eigenvalue weighted by Crippen LogP contribution is -2.24. The zero-order valence-electron chi connectivity index (χ0n) is 71.0. The van der Waals surface area contributed by atoms with Gasteiger partial charge in [0, 0.05) is 32.7 Å². The van der Waals surface area contributed by atoms with E-state index in [2.05, 4.69) is 81.3 Å². The first-order chi connectivity index (χ1) is 56.8. The van der Waals surface area contributed by atoms with Crippen LogP contribution >= 0.6 is 11.6 Å². The van der Waals surface area contributed by atoms with Crippen molar-refractivity contribution >= 4 is 84.5 Å². The van der Waals surface area contributed by atoms with Crippen molar-refractivity contribution in [3.8, 4) is 40.2 Å². The monoisotopic (exact) mass is 1720 g/mol. The Labute approximate surface area is 703 Å². The molecule has 0 amide bonds. The number of nitrogens with two attached hydrogens (primary N) is 4. The van der Waals surface area contributed by atoms with Crippen molar-refractivity contribution in [2.45, 2.75) is 101 Å². The lowest BCUT2D eigenvalue weighted by molar-refractivity contribution is -0.211. The number of aliphatic imine (C=N–C) groups is 3. The minimum atomic E-state index is -1.47. The van der Waals surface area contributed by atoms with Crippen molar-refractivity contribution in [1.29, 1.82) is 0 Å². The molecule has 0 radical (unpaired) electrons. The van der Waals surface area contributed by atoms with Gasteiger partial charge in [0.2, 0.25) is 19.2 Å². The second-order valence-electron chi connectivity index (χ2n) is 21.8. The molecule has 0 atom stereocenters. The zero-order valence-corrected chi connectivity index (χ0v) is 71.7. The molecule has 0 aromatic heterocycles. The van der Waals surface area contributed by atoms with Gasteiger partial charge in [0.05, 0.1) is 33.0 Å². The normalized spacial score (nSPS) is 9.28. The van der Waals surface area contributed by atoms with Gasteiger partial charge in [-0.1, -0.05) is 97.1 Å². The molecule has 0 aliphatic carbocycles. The number of phenols is 4. The van der Waals surface area contributed by atoms with Crippen LogP contribution in [-0.2, 0) is 48.1 Å². The van der Waals surface area contributed by atoms with E-state index in [1.54, 1.807) is 149 Å². The summed E-state index contributed by atoms with van der Waals surface area (Å²) in [7, 11) is 10.7. The Hall–Kier alpha value is -13.2. The molecule has 0 heterocycles. The summed E-state index contributed by atoms with van der Waals surface area (Å²) in [6.45, 7) is 24.9. The summed E-state index contributed by atoms with van der Waals surface area (Å²) < 4.78 is 37.7. The average molecular weight is 1720 g/mol. The number of aromatic carboxylic acids is 3. The molecule has 670 valence electrons. The zero-order chi connectivity index (χ0) is 94.0. The van der Waals surface area contributed by atoms with Gasteiger partial charge in [-0.05, 0) is 202 Å². The summed E-state index contributed by atoms with van der Waals surface area (Å²) in [5.41, 5.74) is 18.0. The third kappa shape index (κ3) is 72.5. The van der Waals surface area contributed by atoms with Crippen molar-refractivity contribution in [1.82, 2.24) is 0 Å². The van der Waals surface area contributed by atoms with Gasteiger partial charge < -0.3 is 116 Å². The van der Waals surface area contributed by atoms with Crippen LogP contribution in [-0.4, -0.2) is 213 Å².